The molecule has 2 amide bonds. The molecule has 0 radical (unpaired) electrons. The Morgan fingerprint density at radius 2 is 1.77 bits per heavy atom. The molecule has 0 spiro atoms. The molecule has 1 aliphatic heterocycles. The van der Waals surface area contributed by atoms with E-state index in [0.717, 1.165) is 38.8 Å². The van der Waals surface area contributed by atoms with Gasteiger partial charge >= 0.3 is 0 Å². The number of carbonyl (C=O) groups excluding carboxylic acids is 2. The minimum Gasteiger partial charge on any atom is -0.338 e. The van der Waals surface area contributed by atoms with Crippen LogP contribution in [0.1, 0.15) is 40.9 Å². The summed E-state index contributed by atoms with van der Waals surface area (Å²) < 4.78 is 2.13. The third kappa shape index (κ3) is 5.96. The van der Waals surface area contributed by atoms with E-state index in [-0.39, 0.29) is 17.9 Å². The van der Waals surface area contributed by atoms with E-state index in [0.29, 0.717) is 41.9 Å². The van der Waals surface area contributed by atoms with E-state index in [1.807, 2.05) is 79.1 Å². The number of nitrogens with zero attached hydrogens (tertiary/aromatic N) is 6. The molecule has 43 heavy (non-hydrogen) atoms. The Bertz CT molecular complexity index is 1840. The lowest BCUT2D eigenvalue weighted by molar-refractivity contribution is -0.132. The lowest BCUT2D eigenvalue weighted by atomic mass is 10.1. The van der Waals surface area contributed by atoms with Gasteiger partial charge in [0.05, 0.1) is 10.8 Å². The van der Waals surface area contributed by atoms with Crippen LogP contribution in [-0.2, 0) is 11.3 Å². The highest BCUT2D eigenvalue weighted by molar-refractivity contribution is 8.00. The Morgan fingerprint density at radius 3 is 2.51 bits per heavy atom. The number of piperazine rings is 1. The summed E-state index contributed by atoms with van der Waals surface area (Å²) in [6.07, 6.45) is 0. The van der Waals surface area contributed by atoms with Gasteiger partial charge in [0.25, 0.3) is 5.91 Å². The third-order valence-corrected chi connectivity index (χ3v) is 9.13. The lowest BCUT2D eigenvalue weighted by Gasteiger charge is -2.40. The van der Waals surface area contributed by atoms with Crippen LogP contribution in [-0.4, -0.2) is 72.3 Å². The predicted octanol–water partition coefficient (Wildman–Crippen LogP) is 6.15. The quantitative estimate of drug-likeness (QED) is 0.214. The molecule has 0 N–H and O–H groups in total. The van der Waals surface area contributed by atoms with Crippen LogP contribution in [0.3, 0.4) is 0 Å². The molecule has 1 aliphatic rings. The van der Waals surface area contributed by atoms with Gasteiger partial charge in [-0.25, -0.2) is 4.98 Å². The van der Waals surface area contributed by atoms with E-state index < -0.39 is 5.25 Å². The normalized spacial score (nSPS) is 16.2. The summed E-state index contributed by atoms with van der Waals surface area (Å²) >= 11 is 7.58. The van der Waals surface area contributed by atoms with Gasteiger partial charge in [-0.05, 0) is 69.7 Å². The molecule has 0 bridgehead atoms. The van der Waals surface area contributed by atoms with Crippen molar-refractivity contribution in [1.29, 1.82) is 0 Å². The molecule has 6 rings (SSSR count). The van der Waals surface area contributed by atoms with Gasteiger partial charge in [-0.2, -0.15) is 0 Å². The minimum absolute atomic E-state index is 0.00171. The first-order valence-corrected chi connectivity index (χ1v) is 15.6. The molecule has 2 aromatic heterocycles. The summed E-state index contributed by atoms with van der Waals surface area (Å²) in [7, 11) is 0. The van der Waals surface area contributed by atoms with Crippen LogP contribution in [0.2, 0.25) is 5.02 Å². The molecule has 0 saturated carbocycles. The Labute approximate surface area is 260 Å². The van der Waals surface area contributed by atoms with E-state index in [9.17, 15) is 9.59 Å². The first kappa shape index (κ1) is 29.1. The fraction of sp³-hybridized carbons (Fsp3) is 0.303. The van der Waals surface area contributed by atoms with Crippen LogP contribution < -0.4 is 0 Å². The van der Waals surface area contributed by atoms with Crippen LogP contribution in [0.4, 0.5) is 0 Å². The average molecular weight is 613 g/mol. The van der Waals surface area contributed by atoms with Crippen LogP contribution in [0.5, 0.6) is 0 Å². The number of halogens is 1. The molecule has 3 aromatic carbocycles. The average Bonchev–Trinajstić information content (AvgIpc) is 3.28. The number of hydrogen-bond acceptors (Lipinski definition) is 6. The highest BCUT2D eigenvalue weighted by atomic mass is 35.5. The van der Waals surface area contributed by atoms with E-state index in [4.69, 9.17) is 16.6 Å². The number of thioether (sulfide) groups is 1. The van der Waals surface area contributed by atoms with Crippen LogP contribution in [0.15, 0.2) is 71.9 Å². The molecule has 1 saturated heterocycles. The summed E-state index contributed by atoms with van der Waals surface area (Å²) in [5.74, 6) is -0.00349. The van der Waals surface area contributed by atoms with Gasteiger partial charge in [0, 0.05) is 48.2 Å². The maximum absolute atomic E-state index is 13.5. The third-order valence-electron chi connectivity index (χ3n) is 7.96. The van der Waals surface area contributed by atoms with Gasteiger partial charge in [-0.1, -0.05) is 64.8 Å². The van der Waals surface area contributed by atoms with Gasteiger partial charge < -0.3 is 14.4 Å². The minimum atomic E-state index is -0.418. The SMILES string of the molecule is Cc1ccc(C(=O)N2CCN(C(=O)C(C)Sc3nnc4c5cc(C)ccc5n(Cc5cccc(Cl)c5)c4n3)CC2C)cc1. The fourth-order valence-corrected chi connectivity index (χ4v) is 6.68. The van der Waals surface area contributed by atoms with Crippen LogP contribution in [0, 0.1) is 13.8 Å². The smallest absolute Gasteiger partial charge is 0.254 e. The van der Waals surface area contributed by atoms with Crippen molar-refractivity contribution in [3.63, 3.8) is 0 Å². The number of hydrogen-bond donors (Lipinski definition) is 0. The Morgan fingerprint density at radius 1 is 1.00 bits per heavy atom. The second kappa shape index (κ2) is 12.0. The van der Waals surface area contributed by atoms with E-state index in [2.05, 4.69) is 39.9 Å². The van der Waals surface area contributed by atoms with Gasteiger partial charge in [0.2, 0.25) is 11.1 Å². The summed E-state index contributed by atoms with van der Waals surface area (Å²) in [5.41, 5.74) is 6.43. The second-order valence-corrected chi connectivity index (χ2v) is 13.0. The number of rotatable bonds is 6. The molecule has 220 valence electrons. The number of aryl methyl sites for hydroxylation is 2. The first-order chi connectivity index (χ1) is 20.7. The maximum atomic E-state index is 13.5. The number of benzene rings is 3. The van der Waals surface area contributed by atoms with Crippen molar-refractivity contribution in [3.8, 4) is 0 Å². The van der Waals surface area contributed by atoms with E-state index >= 15 is 0 Å². The maximum Gasteiger partial charge on any atom is 0.254 e. The molecular formula is C33H33ClN6O2S. The summed E-state index contributed by atoms with van der Waals surface area (Å²) in [4.78, 5) is 35.2. The van der Waals surface area contributed by atoms with E-state index in [1.165, 1.54) is 11.8 Å². The Hall–Kier alpha value is -3.95. The van der Waals surface area contributed by atoms with Gasteiger partial charge in [-0.3, -0.25) is 9.59 Å². The van der Waals surface area contributed by atoms with Crippen molar-refractivity contribution in [1.82, 2.24) is 29.5 Å². The molecular weight excluding hydrogens is 580 g/mol. The number of fused-ring (bicyclic) bond motifs is 3. The zero-order valence-corrected chi connectivity index (χ0v) is 26.2. The molecule has 2 unspecified atom stereocenters. The summed E-state index contributed by atoms with van der Waals surface area (Å²) in [6.45, 7) is 9.95. The number of amides is 2. The Kier molecular flexibility index (Phi) is 8.11. The van der Waals surface area contributed by atoms with Crippen molar-refractivity contribution in [2.45, 2.75) is 50.7 Å². The van der Waals surface area contributed by atoms with Gasteiger partial charge in [0.1, 0.15) is 5.52 Å². The lowest BCUT2D eigenvalue weighted by Crippen LogP contribution is -2.56. The molecule has 3 heterocycles. The highest BCUT2D eigenvalue weighted by Crippen LogP contribution is 2.30. The van der Waals surface area contributed by atoms with Gasteiger partial charge in [-0.15, -0.1) is 10.2 Å². The monoisotopic (exact) mass is 612 g/mol. The zero-order valence-electron chi connectivity index (χ0n) is 24.6. The van der Waals surface area contributed by atoms with Crippen molar-refractivity contribution in [2.75, 3.05) is 19.6 Å². The second-order valence-electron chi connectivity index (χ2n) is 11.3. The molecule has 0 aliphatic carbocycles. The molecule has 5 aromatic rings. The molecule has 1 fully saturated rings. The molecule has 2 atom stereocenters. The zero-order chi connectivity index (χ0) is 30.2. The summed E-state index contributed by atoms with van der Waals surface area (Å²) in [6, 6.07) is 21.6. The number of carbonyl (C=O) groups is 2. The van der Waals surface area contributed by atoms with Crippen molar-refractivity contribution in [3.05, 3.63) is 94.0 Å². The Balaban J connectivity index is 1.20. The molecule has 8 nitrogen and oxygen atoms in total. The van der Waals surface area contributed by atoms with E-state index in [1.54, 1.807) is 0 Å². The van der Waals surface area contributed by atoms with Crippen molar-refractivity contribution < 1.29 is 9.59 Å². The fourth-order valence-electron chi connectivity index (χ4n) is 5.67. The topological polar surface area (TPSA) is 84.2 Å². The highest BCUT2D eigenvalue weighted by Gasteiger charge is 2.32. The van der Waals surface area contributed by atoms with Crippen LogP contribution >= 0.6 is 23.4 Å². The van der Waals surface area contributed by atoms with Crippen molar-refractivity contribution >= 4 is 57.2 Å². The van der Waals surface area contributed by atoms with Crippen molar-refractivity contribution in [2.24, 2.45) is 0 Å². The standard InChI is InChI=1S/C33H33ClN6O2S/c1-20-8-11-25(12-9-20)32(42)39-15-14-38(18-22(39)3)31(41)23(4)43-33-35-30-29(36-37-33)27-16-21(2)10-13-28(27)40(30)19-24-6-5-7-26(34)17-24/h5-13,16-17,22-23H,14-15,18-19H2,1-4H3. The van der Waals surface area contributed by atoms with Crippen LogP contribution in [0.25, 0.3) is 22.1 Å². The predicted molar refractivity (Wildman–Crippen MR) is 172 cm³/mol. The summed E-state index contributed by atoms with van der Waals surface area (Å²) in [5, 5.41) is 10.7. The number of aromatic nitrogens is 4. The van der Waals surface area contributed by atoms with Gasteiger partial charge in [0.15, 0.2) is 5.65 Å². The largest absolute Gasteiger partial charge is 0.338 e. The molecule has 10 heteroatoms. The first-order valence-electron chi connectivity index (χ1n) is 14.4.